The number of aromatic hydroxyl groups is 1. The topological polar surface area (TPSA) is 97.0 Å². The van der Waals surface area contributed by atoms with Crippen molar-refractivity contribution in [1.82, 2.24) is 0 Å². The fourth-order valence-corrected chi connectivity index (χ4v) is 2.17. The molecule has 0 spiro atoms. The standard InChI is InChI=1S/C9H6O3.C8H6O3/c10-9(11)7-2-1-6-3-4-12-8(6)5-7;9-5-1-2-6-7(10)4-11-8(6)3-5/h1-5H,(H,10,11);1-3,9H,4H2. The van der Waals surface area contributed by atoms with Gasteiger partial charge in [0.05, 0.1) is 17.4 Å². The van der Waals surface area contributed by atoms with Gasteiger partial charge in [-0.1, -0.05) is 6.07 Å². The molecule has 116 valence electrons. The number of carboxylic acids is 1. The molecule has 0 amide bonds. The van der Waals surface area contributed by atoms with Crippen molar-refractivity contribution in [1.29, 1.82) is 0 Å². The van der Waals surface area contributed by atoms with E-state index in [2.05, 4.69) is 0 Å². The van der Waals surface area contributed by atoms with Gasteiger partial charge in [-0.2, -0.15) is 0 Å². The van der Waals surface area contributed by atoms with Crippen LogP contribution in [0.2, 0.25) is 0 Å². The highest BCUT2D eigenvalue weighted by Gasteiger charge is 2.20. The second-order valence-electron chi connectivity index (χ2n) is 4.87. The molecule has 0 bridgehead atoms. The van der Waals surface area contributed by atoms with Gasteiger partial charge in [0.15, 0.2) is 6.61 Å². The second-order valence-corrected chi connectivity index (χ2v) is 4.87. The van der Waals surface area contributed by atoms with Crippen molar-refractivity contribution in [2.75, 3.05) is 6.61 Å². The SMILES string of the molecule is O=C(O)c1ccc2ccoc2c1.O=C1COc2cc(O)ccc21. The third kappa shape index (κ3) is 3.01. The van der Waals surface area contributed by atoms with Gasteiger partial charge < -0.3 is 19.4 Å². The van der Waals surface area contributed by atoms with Crippen molar-refractivity contribution in [3.8, 4) is 11.5 Å². The predicted molar refractivity (Wildman–Crippen MR) is 81.1 cm³/mol. The number of phenols is 1. The van der Waals surface area contributed by atoms with Crippen molar-refractivity contribution in [2.24, 2.45) is 0 Å². The Morgan fingerprint density at radius 2 is 1.91 bits per heavy atom. The number of rotatable bonds is 1. The third-order valence-corrected chi connectivity index (χ3v) is 3.33. The minimum Gasteiger partial charge on any atom is -0.508 e. The fraction of sp³-hybridized carbons (Fsp3) is 0.0588. The predicted octanol–water partition coefficient (Wildman–Crippen LogP) is 3.10. The van der Waals surface area contributed by atoms with Gasteiger partial charge in [-0.3, -0.25) is 4.79 Å². The lowest BCUT2D eigenvalue weighted by atomic mass is 10.1. The average molecular weight is 312 g/mol. The van der Waals surface area contributed by atoms with Gasteiger partial charge in [0, 0.05) is 11.5 Å². The summed E-state index contributed by atoms with van der Waals surface area (Å²) in [6, 6.07) is 11.1. The molecular formula is C17H12O6. The number of ketones is 1. The van der Waals surface area contributed by atoms with E-state index >= 15 is 0 Å². The first-order chi connectivity index (χ1) is 11.0. The Morgan fingerprint density at radius 1 is 1.09 bits per heavy atom. The normalized spacial score (nSPS) is 12.3. The minimum absolute atomic E-state index is 0.0278. The van der Waals surface area contributed by atoms with Gasteiger partial charge in [-0.25, -0.2) is 4.79 Å². The molecule has 0 saturated carbocycles. The number of ether oxygens (including phenoxy) is 1. The summed E-state index contributed by atoms with van der Waals surface area (Å²) < 4.78 is 10.0. The highest BCUT2D eigenvalue weighted by Crippen LogP contribution is 2.28. The van der Waals surface area contributed by atoms with Crippen molar-refractivity contribution in [3.63, 3.8) is 0 Å². The zero-order valence-electron chi connectivity index (χ0n) is 11.9. The molecule has 6 heteroatoms. The van der Waals surface area contributed by atoms with Crippen LogP contribution in [-0.2, 0) is 0 Å². The maximum absolute atomic E-state index is 11.0. The first-order valence-corrected chi connectivity index (χ1v) is 6.74. The Kier molecular flexibility index (Phi) is 3.72. The number of fused-ring (bicyclic) bond motifs is 2. The van der Waals surface area contributed by atoms with E-state index in [-0.39, 0.29) is 23.7 Å². The highest BCUT2D eigenvalue weighted by atomic mass is 16.5. The van der Waals surface area contributed by atoms with Crippen LogP contribution in [0.1, 0.15) is 20.7 Å². The van der Waals surface area contributed by atoms with E-state index < -0.39 is 5.97 Å². The molecule has 6 nitrogen and oxygen atoms in total. The summed E-state index contributed by atoms with van der Waals surface area (Å²) in [5, 5.41) is 18.5. The van der Waals surface area contributed by atoms with Gasteiger partial charge in [0.2, 0.25) is 5.78 Å². The van der Waals surface area contributed by atoms with Gasteiger partial charge in [-0.15, -0.1) is 0 Å². The van der Waals surface area contributed by atoms with Gasteiger partial charge in [-0.05, 0) is 30.3 Å². The molecule has 2 aromatic carbocycles. The molecule has 1 aromatic heterocycles. The second kappa shape index (κ2) is 5.84. The molecule has 0 unspecified atom stereocenters. The maximum Gasteiger partial charge on any atom is 0.335 e. The number of furan rings is 1. The molecule has 2 N–H and O–H groups in total. The quantitative estimate of drug-likeness (QED) is 0.716. The van der Waals surface area contributed by atoms with Crippen LogP contribution in [0.5, 0.6) is 11.5 Å². The number of Topliss-reactive ketones (excluding diaryl/α,β-unsaturated/α-hetero) is 1. The number of phenolic OH excluding ortho intramolecular Hbond substituents is 1. The molecule has 0 aliphatic carbocycles. The van der Waals surface area contributed by atoms with Crippen LogP contribution >= 0.6 is 0 Å². The molecular weight excluding hydrogens is 300 g/mol. The lowest BCUT2D eigenvalue weighted by Crippen LogP contribution is -1.98. The van der Waals surface area contributed by atoms with Crippen molar-refractivity contribution in [3.05, 3.63) is 59.9 Å². The fourth-order valence-electron chi connectivity index (χ4n) is 2.17. The van der Waals surface area contributed by atoms with Crippen molar-refractivity contribution < 1.29 is 29.0 Å². The van der Waals surface area contributed by atoms with E-state index in [0.717, 1.165) is 5.39 Å². The molecule has 2 heterocycles. The summed E-state index contributed by atoms with van der Waals surface area (Å²) in [4.78, 5) is 21.5. The monoisotopic (exact) mass is 312 g/mol. The largest absolute Gasteiger partial charge is 0.508 e. The van der Waals surface area contributed by atoms with Crippen molar-refractivity contribution >= 4 is 22.7 Å². The van der Waals surface area contributed by atoms with E-state index in [0.29, 0.717) is 16.9 Å². The Bertz CT molecular complexity index is 893. The van der Waals surface area contributed by atoms with E-state index in [1.807, 2.05) is 0 Å². The summed E-state index contributed by atoms with van der Waals surface area (Å²) in [6.07, 6.45) is 1.54. The number of benzene rings is 2. The van der Waals surface area contributed by atoms with Crippen LogP contribution in [0, 0.1) is 0 Å². The molecule has 1 aliphatic heterocycles. The molecule has 0 saturated heterocycles. The number of carbonyl (C=O) groups excluding carboxylic acids is 1. The molecule has 0 radical (unpaired) electrons. The van der Waals surface area contributed by atoms with E-state index in [9.17, 15) is 9.59 Å². The summed E-state index contributed by atoms with van der Waals surface area (Å²) in [5.74, 6) is -0.359. The number of aromatic carboxylic acids is 1. The summed E-state index contributed by atoms with van der Waals surface area (Å²) in [7, 11) is 0. The minimum atomic E-state index is -0.937. The Hall–Kier alpha value is -3.28. The lowest BCUT2D eigenvalue weighted by Gasteiger charge is -1.95. The lowest BCUT2D eigenvalue weighted by molar-refractivity contribution is 0.0696. The molecule has 0 atom stereocenters. The summed E-state index contributed by atoms with van der Waals surface area (Å²) >= 11 is 0. The first kappa shape index (κ1) is 14.6. The zero-order chi connectivity index (χ0) is 16.4. The molecule has 23 heavy (non-hydrogen) atoms. The third-order valence-electron chi connectivity index (χ3n) is 3.33. The van der Waals surface area contributed by atoms with Crippen LogP contribution in [0.25, 0.3) is 11.0 Å². The average Bonchev–Trinajstić information content (AvgIpc) is 3.14. The molecule has 1 aliphatic rings. The van der Waals surface area contributed by atoms with Crippen LogP contribution < -0.4 is 4.74 Å². The smallest absolute Gasteiger partial charge is 0.335 e. The van der Waals surface area contributed by atoms with Crippen LogP contribution in [-0.4, -0.2) is 28.6 Å². The Balaban J connectivity index is 0.000000136. The van der Waals surface area contributed by atoms with E-state index in [4.69, 9.17) is 19.4 Å². The van der Waals surface area contributed by atoms with Gasteiger partial charge >= 0.3 is 5.97 Å². The number of hydrogen-bond acceptors (Lipinski definition) is 5. The Morgan fingerprint density at radius 3 is 2.70 bits per heavy atom. The van der Waals surface area contributed by atoms with Crippen LogP contribution in [0.15, 0.2) is 53.1 Å². The van der Waals surface area contributed by atoms with E-state index in [1.165, 1.54) is 24.5 Å². The first-order valence-electron chi connectivity index (χ1n) is 6.74. The van der Waals surface area contributed by atoms with E-state index in [1.54, 1.807) is 24.3 Å². The highest BCUT2D eigenvalue weighted by molar-refractivity contribution is 6.02. The zero-order valence-corrected chi connectivity index (χ0v) is 11.9. The molecule has 0 fully saturated rings. The number of hydrogen-bond donors (Lipinski definition) is 2. The molecule has 4 rings (SSSR count). The molecule has 3 aromatic rings. The van der Waals surface area contributed by atoms with Gasteiger partial charge in [0.1, 0.15) is 17.1 Å². The van der Waals surface area contributed by atoms with Gasteiger partial charge in [0.25, 0.3) is 0 Å². The maximum atomic E-state index is 11.0. The number of carboxylic acid groups (broad SMARTS) is 1. The number of carbonyl (C=O) groups is 2. The van der Waals surface area contributed by atoms with Crippen LogP contribution in [0.3, 0.4) is 0 Å². The summed E-state index contributed by atoms with van der Waals surface area (Å²) in [5.41, 5.74) is 1.41. The van der Waals surface area contributed by atoms with Crippen molar-refractivity contribution in [2.45, 2.75) is 0 Å². The Labute approximate surface area is 130 Å². The van der Waals surface area contributed by atoms with Crippen LogP contribution in [0.4, 0.5) is 0 Å². The summed E-state index contributed by atoms with van der Waals surface area (Å²) in [6.45, 7) is 0.0960.